The molecular weight excluding hydrogens is 158 g/mol. The molecule has 0 aromatic carbocycles. The van der Waals surface area contributed by atoms with Crippen molar-refractivity contribution in [1.82, 2.24) is 15.0 Å². The predicted molar refractivity (Wildman–Crippen MR) is 41.8 cm³/mol. The first kappa shape index (κ1) is 6.78. The average molecular weight is 163 g/mol. The van der Waals surface area contributed by atoms with E-state index in [0.29, 0.717) is 11.0 Å². The van der Waals surface area contributed by atoms with E-state index in [9.17, 15) is 4.79 Å². The number of hydrogen-bond donors (Lipinski definition) is 2. The number of hydrogen-bond acceptors (Lipinski definition) is 4. The molecule has 60 valence electrons. The molecule has 0 amide bonds. The number of H-pyrrole nitrogens is 1. The normalized spacial score (nSPS) is 10.3. The van der Waals surface area contributed by atoms with Crippen molar-refractivity contribution in [2.75, 3.05) is 0 Å². The first-order valence-electron chi connectivity index (χ1n) is 3.31. The van der Waals surface area contributed by atoms with E-state index in [0.717, 1.165) is 0 Å². The molecule has 0 saturated heterocycles. The van der Waals surface area contributed by atoms with Crippen LogP contribution in [0.5, 0.6) is 5.88 Å². The van der Waals surface area contributed by atoms with Gasteiger partial charge in [-0.3, -0.25) is 0 Å². The van der Waals surface area contributed by atoms with Crippen molar-refractivity contribution < 1.29 is 5.11 Å². The topological polar surface area (TPSA) is 78.9 Å². The molecule has 0 radical (unpaired) electrons. The molecule has 0 bridgehead atoms. The summed E-state index contributed by atoms with van der Waals surface area (Å²) in [6.07, 6.45) is 1.52. The number of fused-ring (bicyclic) bond motifs is 1. The number of aromatic amines is 1. The van der Waals surface area contributed by atoms with Crippen LogP contribution in [0.25, 0.3) is 11.0 Å². The number of pyridine rings is 1. The van der Waals surface area contributed by atoms with Crippen molar-refractivity contribution in [3.05, 3.63) is 28.8 Å². The SMILES string of the molecule is O=c1nc(O)c2ncccc2[nH]1. The average Bonchev–Trinajstić information content (AvgIpc) is 2.04. The van der Waals surface area contributed by atoms with E-state index < -0.39 is 5.69 Å². The van der Waals surface area contributed by atoms with Gasteiger partial charge in [0.15, 0.2) is 0 Å². The van der Waals surface area contributed by atoms with Gasteiger partial charge in [-0.25, -0.2) is 9.78 Å². The molecule has 2 rings (SSSR count). The molecule has 0 spiro atoms. The van der Waals surface area contributed by atoms with Crippen LogP contribution in [0.15, 0.2) is 23.1 Å². The zero-order valence-corrected chi connectivity index (χ0v) is 5.98. The van der Waals surface area contributed by atoms with Gasteiger partial charge in [0.2, 0.25) is 5.88 Å². The number of rotatable bonds is 0. The third kappa shape index (κ3) is 0.914. The minimum Gasteiger partial charge on any atom is -0.492 e. The van der Waals surface area contributed by atoms with Gasteiger partial charge in [-0.05, 0) is 12.1 Å². The summed E-state index contributed by atoms with van der Waals surface area (Å²) < 4.78 is 0. The van der Waals surface area contributed by atoms with E-state index in [1.54, 1.807) is 12.1 Å². The zero-order chi connectivity index (χ0) is 8.55. The maximum Gasteiger partial charge on any atom is 0.348 e. The van der Waals surface area contributed by atoms with Gasteiger partial charge in [0.1, 0.15) is 5.52 Å². The molecule has 2 aromatic heterocycles. The Hall–Kier alpha value is -1.91. The van der Waals surface area contributed by atoms with Crippen LogP contribution in [0.3, 0.4) is 0 Å². The van der Waals surface area contributed by atoms with Gasteiger partial charge in [-0.1, -0.05) is 0 Å². The van der Waals surface area contributed by atoms with E-state index in [-0.39, 0.29) is 5.88 Å². The lowest BCUT2D eigenvalue weighted by Gasteiger charge is -1.95. The number of aromatic hydroxyl groups is 1. The predicted octanol–water partition coefficient (Wildman–Crippen LogP) is 0.0237. The molecule has 0 aliphatic heterocycles. The first-order chi connectivity index (χ1) is 5.77. The van der Waals surface area contributed by atoms with E-state index in [1.165, 1.54) is 6.20 Å². The van der Waals surface area contributed by atoms with Crippen molar-refractivity contribution in [3.8, 4) is 5.88 Å². The molecular formula is C7H5N3O2. The van der Waals surface area contributed by atoms with Crippen LogP contribution in [0, 0.1) is 0 Å². The molecule has 2 heterocycles. The lowest BCUT2D eigenvalue weighted by molar-refractivity contribution is 0.456. The second-order valence-electron chi connectivity index (χ2n) is 2.27. The highest BCUT2D eigenvalue weighted by Crippen LogP contribution is 2.13. The zero-order valence-electron chi connectivity index (χ0n) is 5.98. The summed E-state index contributed by atoms with van der Waals surface area (Å²) in [5.74, 6) is -0.339. The third-order valence-electron chi connectivity index (χ3n) is 1.47. The van der Waals surface area contributed by atoms with Gasteiger partial charge in [0.05, 0.1) is 5.52 Å². The molecule has 0 aliphatic carbocycles. The Balaban J connectivity index is 2.99. The Morgan fingerprint density at radius 1 is 1.50 bits per heavy atom. The molecule has 0 unspecified atom stereocenters. The van der Waals surface area contributed by atoms with Crippen molar-refractivity contribution in [1.29, 1.82) is 0 Å². The van der Waals surface area contributed by atoms with Crippen LogP contribution in [0.2, 0.25) is 0 Å². The van der Waals surface area contributed by atoms with E-state index in [1.807, 2.05) is 0 Å². The van der Waals surface area contributed by atoms with Crippen LogP contribution in [-0.4, -0.2) is 20.1 Å². The van der Waals surface area contributed by atoms with Crippen LogP contribution in [0.4, 0.5) is 0 Å². The Labute approximate surface area is 66.7 Å². The van der Waals surface area contributed by atoms with Crippen molar-refractivity contribution in [3.63, 3.8) is 0 Å². The standard InChI is InChI=1S/C7H5N3O2/c11-6-5-4(2-1-3-8-5)9-7(12)10-6/h1-3H,(H2,9,10,11,12). The molecule has 2 aromatic rings. The fraction of sp³-hybridized carbons (Fsp3) is 0. The first-order valence-corrected chi connectivity index (χ1v) is 3.31. The van der Waals surface area contributed by atoms with Crippen LogP contribution in [-0.2, 0) is 0 Å². The highest BCUT2D eigenvalue weighted by Gasteiger charge is 2.01. The monoisotopic (exact) mass is 163 g/mol. The molecule has 0 aliphatic rings. The lowest BCUT2D eigenvalue weighted by atomic mass is 10.4. The third-order valence-corrected chi connectivity index (χ3v) is 1.47. The van der Waals surface area contributed by atoms with E-state index in [4.69, 9.17) is 5.11 Å². The molecule has 0 fully saturated rings. The number of nitrogens with one attached hydrogen (secondary N) is 1. The van der Waals surface area contributed by atoms with Gasteiger partial charge < -0.3 is 10.1 Å². The Kier molecular flexibility index (Phi) is 1.30. The quantitative estimate of drug-likeness (QED) is 0.574. The Bertz CT molecular complexity index is 477. The van der Waals surface area contributed by atoms with Crippen molar-refractivity contribution >= 4 is 11.0 Å². The summed E-state index contributed by atoms with van der Waals surface area (Å²) in [5, 5.41) is 9.16. The summed E-state index contributed by atoms with van der Waals surface area (Å²) in [7, 11) is 0. The van der Waals surface area contributed by atoms with Crippen molar-refractivity contribution in [2.24, 2.45) is 0 Å². The fourth-order valence-electron chi connectivity index (χ4n) is 0.977. The number of nitrogens with zero attached hydrogens (tertiary/aromatic N) is 2. The number of aromatic nitrogens is 3. The molecule has 0 saturated carbocycles. The van der Waals surface area contributed by atoms with Gasteiger partial charge in [-0.2, -0.15) is 4.98 Å². The second kappa shape index (κ2) is 2.30. The summed E-state index contributed by atoms with van der Waals surface area (Å²) in [6, 6.07) is 3.31. The summed E-state index contributed by atoms with van der Waals surface area (Å²) in [6.45, 7) is 0. The van der Waals surface area contributed by atoms with E-state index >= 15 is 0 Å². The smallest absolute Gasteiger partial charge is 0.348 e. The van der Waals surface area contributed by atoms with Crippen molar-refractivity contribution in [2.45, 2.75) is 0 Å². The Morgan fingerprint density at radius 3 is 3.17 bits per heavy atom. The van der Waals surface area contributed by atoms with Crippen LogP contribution >= 0.6 is 0 Å². The molecule has 5 heteroatoms. The Morgan fingerprint density at radius 2 is 2.33 bits per heavy atom. The molecule has 5 nitrogen and oxygen atoms in total. The summed E-state index contributed by atoms with van der Waals surface area (Å²) in [4.78, 5) is 20.3. The maximum absolute atomic E-state index is 10.7. The van der Waals surface area contributed by atoms with Gasteiger partial charge in [0.25, 0.3) is 0 Å². The maximum atomic E-state index is 10.7. The highest BCUT2D eigenvalue weighted by atomic mass is 16.3. The van der Waals surface area contributed by atoms with Gasteiger partial charge in [-0.15, -0.1) is 0 Å². The highest BCUT2D eigenvalue weighted by molar-refractivity contribution is 5.77. The molecule has 0 atom stereocenters. The van der Waals surface area contributed by atoms with Gasteiger partial charge in [0, 0.05) is 6.20 Å². The largest absolute Gasteiger partial charge is 0.492 e. The summed E-state index contributed by atoms with van der Waals surface area (Å²) >= 11 is 0. The van der Waals surface area contributed by atoms with Gasteiger partial charge >= 0.3 is 5.69 Å². The minimum atomic E-state index is -0.576. The van der Waals surface area contributed by atoms with Crippen LogP contribution in [0.1, 0.15) is 0 Å². The minimum absolute atomic E-state index is 0.303. The molecule has 2 N–H and O–H groups in total. The molecule has 12 heavy (non-hydrogen) atoms. The second-order valence-corrected chi connectivity index (χ2v) is 2.27. The van der Waals surface area contributed by atoms with E-state index in [2.05, 4.69) is 15.0 Å². The summed E-state index contributed by atoms with van der Waals surface area (Å²) in [5.41, 5.74) is 0.208. The lowest BCUT2D eigenvalue weighted by Crippen LogP contribution is -2.09. The fourth-order valence-corrected chi connectivity index (χ4v) is 0.977. The van der Waals surface area contributed by atoms with Crippen LogP contribution < -0.4 is 5.69 Å².